The number of rotatable bonds is 5. The number of benzene rings is 3. The number of anilines is 1. The van der Waals surface area contributed by atoms with Gasteiger partial charge in [0.05, 0.1) is 5.39 Å². The van der Waals surface area contributed by atoms with Crippen LogP contribution in [0.15, 0.2) is 82.0 Å². The second-order valence-corrected chi connectivity index (χ2v) is 7.16. The van der Waals surface area contributed by atoms with E-state index in [1.54, 1.807) is 18.2 Å². The summed E-state index contributed by atoms with van der Waals surface area (Å²) >= 11 is 0. The fourth-order valence-corrected chi connectivity index (χ4v) is 3.26. The zero-order valence-corrected chi connectivity index (χ0v) is 16.8. The maximum atomic E-state index is 13.2. The predicted molar refractivity (Wildman–Crippen MR) is 118 cm³/mol. The van der Waals surface area contributed by atoms with Crippen LogP contribution in [0.2, 0.25) is 0 Å². The summed E-state index contributed by atoms with van der Waals surface area (Å²) < 4.78 is 11.7. The summed E-state index contributed by atoms with van der Waals surface area (Å²) in [7, 11) is 0. The van der Waals surface area contributed by atoms with E-state index in [1.807, 2.05) is 68.4 Å². The Morgan fingerprint density at radius 2 is 1.70 bits per heavy atom. The van der Waals surface area contributed by atoms with Crippen molar-refractivity contribution in [2.24, 2.45) is 0 Å². The largest absolute Gasteiger partial charge is 0.476 e. The Labute approximate surface area is 173 Å². The molecule has 1 aromatic heterocycles. The Hall–Kier alpha value is -3.86. The van der Waals surface area contributed by atoms with Gasteiger partial charge in [-0.15, -0.1) is 0 Å². The molecule has 150 valence electrons. The summed E-state index contributed by atoms with van der Waals surface area (Å²) in [6.45, 7) is 3.54. The van der Waals surface area contributed by atoms with Crippen LogP contribution >= 0.6 is 0 Å². The van der Waals surface area contributed by atoms with E-state index in [9.17, 15) is 9.59 Å². The van der Waals surface area contributed by atoms with Crippen molar-refractivity contribution in [2.75, 3.05) is 11.9 Å². The molecular formula is C25H21NO4. The fraction of sp³-hybridized carbons (Fsp3) is 0.120. The molecule has 0 fully saturated rings. The van der Waals surface area contributed by atoms with Crippen LogP contribution < -0.4 is 15.5 Å². The highest BCUT2D eigenvalue weighted by atomic mass is 16.5. The molecule has 0 saturated carbocycles. The number of carbonyl (C=O) groups is 1. The Bertz CT molecular complexity index is 1280. The molecule has 0 aliphatic carbocycles. The molecule has 0 saturated heterocycles. The van der Waals surface area contributed by atoms with Crippen molar-refractivity contribution in [1.82, 2.24) is 0 Å². The molecular weight excluding hydrogens is 378 g/mol. The third kappa shape index (κ3) is 4.10. The molecule has 0 radical (unpaired) electrons. The zero-order valence-electron chi connectivity index (χ0n) is 16.8. The normalized spacial score (nSPS) is 10.7. The van der Waals surface area contributed by atoms with Gasteiger partial charge in [0, 0.05) is 11.3 Å². The number of amides is 1. The van der Waals surface area contributed by atoms with Crippen molar-refractivity contribution in [1.29, 1.82) is 0 Å². The van der Waals surface area contributed by atoms with Crippen LogP contribution in [-0.2, 0) is 4.79 Å². The first-order valence-corrected chi connectivity index (χ1v) is 9.63. The average Bonchev–Trinajstić information content (AvgIpc) is 2.74. The lowest BCUT2D eigenvalue weighted by Gasteiger charge is -2.12. The Morgan fingerprint density at radius 3 is 2.47 bits per heavy atom. The second kappa shape index (κ2) is 8.25. The monoisotopic (exact) mass is 399 g/mol. The number of aryl methyl sites for hydroxylation is 2. The molecule has 5 nitrogen and oxygen atoms in total. The molecule has 1 heterocycles. The lowest BCUT2D eigenvalue weighted by Crippen LogP contribution is -2.22. The number of ether oxygens (including phenoxy) is 1. The number of hydrogen-bond acceptors (Lipinski definition) is 4. The summed E-state index contributed by atoms with van der Waals surface area (Å²) in [4.78, 5) is 25.6. The molecule has 0 unspecified atom stereocenters. The van der Waals surface area contributed by atoms with Gasteiger partial charge < -0.3 is 14.5 Å². The molecule has 30 heavy (non-hydrogen) atoms. The first-order valence-electron chi connectivity index (χ1n) is 9.63. The Kier molecular flexibility index (Phi) is 5.35. The van der Waals surface area contributed by atoms with Crippen LogP contribution in [-0.4, -0.2) is 12.5 Å². The quantitative estimate of drug-likeness (QED) is 0.507. The van der Waals surface area contributed by atoms with Gasteiger partial charge in [0.1, 0.15) is 5.58 Å². The van der Waals surface area contributed by atoms with Crippen LogP contribution in [0.4, 0.5) is 5.69 Å². The lowest BCUT2D eigenvalue weighted by molar-refractivity contribution is -0.118. The highest BCUT2D eigenvalue weighted by Crippen LogP contribution is 2.31. The van der Waals surface area contributed by atoms with Crippen molar-refractivity contribution in [3.8, 4) is 17.1 Å². The van der Waals surface area contributed by atoms with Crippen molar-refractivity contribution < 1.29 is 13.9 Å². The number of nitrogens with one attached hydrogen (secondary N) is 1. The topological polar surface area (TPSA) is 68.5 Å². The van der Waals surface area contributed by atoms with Crippen LogP contribution in [0.3, 0.4) is 0 Å². The summed E-state index contributed by atoms with van der Waals surface area (Å²) in [5.41, 5.74) is 3.51. The molecule has 1 N–H and O–H groups in total. The number of hydrogen-bond donors (Lipinski definition) is 1. The van der Waals surface area contributed by atoms with Crippen molar-refractivity contribution in [2.45, 2.75) is 13.8 Å². The van der Waals surface area contributed by atoms with E-state index in [1.165, 1.54) is 0 Å². The third-order valence-electron chi connectivity index (χ3n) is 4.69. The first-order chi connectivity index (χ1) is 14.5. The SMILES string of the molecule is Cc1cccc(NC(=O)COc2c(-c3ccccc3)oc3ccc(C)cc3c2=O)c1. The van der Waals surface area contributed by atoms with Gasteiger partial charge in [-0.1, -0.05) is 54.1 Å². The molecule has 3 aromatic carbocycles. The molecule has 0 aliphatic rings. The van der Waals surface area contributed by atoms with E-state index >= 15 is 0 Å². The third-order valence-corrected chi connectivity index (χ3v) is 4.69. The fourth-order valence-electron chi connectivity index (χ4n) is 3.26. The molecule has 4 aromatic rings. The highest BCUT2D eigenvalue weighted by molar-refractivity contribution is 5.92. The molecule has 0 spiro atoms. The maximum absolute atomic E-state index is 13.2. The van der Waals surface area contributed by atoms with Gasteiger partial charge in [-0.25, -0.2) is 0 Å². The zero-order chi connectivity index (χ0) is 21.1. The van der Waals surface area contributed by atoms with E-state index in [-0.39, 0.29) is 23.7 Å². The summed E-state index contributed by atoms with van der Waals surface area (Å²) in [5.74, 6) is -0.0256. The van der Waals surface area contributed by atoms with Crippen molar-refractivity contribution in [3.63, 3.8) is 0 Å². The van der Waals surface area contributed by atoms with Gasteiger partial charge in [-0.2, -0.15) is 0 Å². The standard InChI is InChI=1S/C25H21NO4/c1-16-7-6-10-19(13-16)26-22(27)15-29-25-23(28)20-14-17(2)11-12-21(20)30-24(25)18-8-4-3-5-9-18/h3-14H,15H2,1-2H3,(H,26,27). The van der Waals surface area contributed by atoms with E-state index in [2.05, 4.69) is 5.32 Å². The van der Waals surface area contributed by atoms with Crippen molar-refractivity contribution in [3.05, 3.63) is 94.1 Å². The number of carbonyl (C=O) groups excluding carboxylic acids is 1. The van der Waals surface area contributed by atoms with Gasteiger partial charge in [0.25, 0.3) is 5.91 Å². The van der Waals surface area contributed by atoms with Gasteiger partial charge in [-0.05, 0) is 43.7 Å². The average molecular weight is 399 g/mol. The van der Waals surface area contributed by atoms with Crippen LogP contribution in [0.1, 0.15) is 11.1 Å². The highest BCUT2D eigenvalue weighted by Gasteiger charge is 2.19. The van der Waals surface area contributed by atoms with Gasteiger partial charge >= 0.3 is 0 Å². The van der Waals surface area contributed by atoms with Crippen LogP contribution in [0.5, 0.6) is 5.75 Å². The first kappa shape index (κ1) is 19.5. The minimum atomic E-state index is -0.358. The van der Waals surface area contributed by atoms with E-state index in [0.717, 1.165) is 11.1 Å². The minimum absolute atomic E-state index is 0.0266. The van der Waals surface area contributed by atoms with E-state index < -0.39 is 0 Å². The smallest absolute Gasteiger partial charge is 0.262 e. The van der Waals surface area contributed by atoms with E-state index in [0.29, 0.717) is 28.0 Å². The summed E-state index contributed by atoms with van der Waals surface area (Å²) in [5, 5.41) is 3.20. The molecule has 0 bridgehead atoms. The minimum Gasteiger partial charge on any atom is -0.476 e. The lowest BCUT2D eigenvalue weighted by atomic mass is 10.1. The van der Waals surface area contributed by atoms with Crippen molar-refractivity contribution >= 4 is 22.6 Å². The molecule has 5 heteroatoms. The van der Waals surface area contributed by atoms with Gasteiger partial charge in [0.2, 0.25) is 11.2 Å². The molecule has 0 atom stereocenters. The second-order valence-electron chi connectivity index (χ2n) is 7.16. The maximum Gasteiger partial charge on any atom is 0.262 e. The summed E-state index contributed by atoms with van der Waals surface area (Å²) in [6, 6.07) is 22.1. The Balaban J connectivity index is 1.68. The van der Waals surface area contributed by atoms with Crippen LogP contribution in [0, 0.1) is 13.8 Å². The molecule has 0 aliphatic heterocycles. The van der Waals surface area contributed by atoms with Gasteiger partial charge in [-0.3, -0.25) is 9.59 Å². The number of fused-ring (bicyclic) bond motifs is 1. The molecule has 1 amide bonds. The predicted octanol–water partition coefficient (Wildman–Crippen LogP) is 5.09. The van der Waals surface area contributed by atoms with E-state index in [4.69, 9.17) is 9.15 Å². The summed E-state index contributed by atoms with van der Waals surface area (Å²) in [6.07, 6.45) is 0. The van der Waals surface area contributed by atoms with Gasteiger partial charge in [0.15, 0.2) is 12.4 Å². The molecule has 4 rings (SSSR count). The Morgan fingerprint density at radius 1 is 0.933 bits per heavy atom. The van der Waals surface area contributed by atoms with Crippen LogP contribution in [0.25, 0.3) is 22.3 Å².